The van der Waals surface area contributed by atoms with E-state index in [9.17, 15) is 9.59 Å². The minimum atomic E-state index is -1.15. The van der Waals surface area contributed by atoms with Gasteiger partial charge in [-0.2, -0.15) is 0 Å². The third-order valence-corrected chi connectivity index (χ3v) is 1.75. The topological polar surface area (TPSA) is 63.6 Å². The zero-order chi connectivity index (χ0) is 9.72. The maximum Gasteiger partial charge on any atom is 0.323 e. The summed E-state index contributed by atoms with van der Waals surface area (Å²) in [6, 6.07) is 0. The molecule has 1 atom stereocenters. The zero-order valence-corrected chi connectivity index (χ0v) is 8.18. The van der Waals surface area contributed by atoms with E-state index in [1.54, 1.807) is 0 Å². The van der Waals surface area contributed by atoms with Crippen molar-refractivity contribution in [2.24, 2.45) is 5.92 Å². The number of esters is 1. The summed E-state index contributed by atoms with van der Waals surface area (Å²) >= 11 is 0. The molecule has 0 aliphatic heterocycles. The number of hydrogen-bond donors (Lipinski definition) is 1. The molecule has 0 amide bonds. The van der Waals surface area contributed by atoms with Crippen molar-refractivity contribution in [2.75, 3.05) is 18.5 Å². The molecule has 70 valence electrons. The third-order valence-electron chi connectivity index (χ3n) is 1.16. The first kappa shape index (κ1) is 11.3. The second-order valence-corrected chi connectivity index (χ2v) is 4.83. The fourth-order valence-corrected chi connectivity index (χ4v) is 0.754. The van der Waals surface area contributed by atoms with E-state index in [-0.39, 0.29) is 10.9 Å². The molecular formula is C7H13O4S+. The molecular weight excluding hydrogens is 180 g/mol. The first-order valence-corrected chi connectivity index (χ1v) is 5.59. The van der Waals surface area contributed by atoms with Crippen LogP contribution in [0.25, 0.3) is 0 Å². The Hall–Kier alpha value is -0.710. The van der Waals surface area contributed by atoms with Crippen LogP contribution < -0.4 is 0 Å². The van der Waals surface area contributed by atoms with Crippen LogP contribution in [-0.2, 0) is 25.2 Å². The van der Waals surface area contributed by atoms with Crippen LogP contribution in [-0.4, -0.2) is 35.5 Å². The van der Waals surface area contributed by atoms with Crippen LogP contribution in [0.5, 0.6) is 0 Å². The van der Waals surface area contributed by atoms with Crippen molar-refractivity contribution >= 4 is 22.8 Å². The van der Waals surface area contributed by atoms with Crippen LogP contribution in [0.1, 0.15) is 6.92 Å². The van der Waals surface area contributed by atoms with E-state index in [1.807, 2.05) is 12.5 Å². The molecule has 0 aliphatic carbocycles. The number of carboxylic acids is 1. The SMILES string of the molecule is CC(C(=O)O)C(=O)OC[S+](C)C. The number of carboxylic acid groups (broad SMARTS) is 1. The smallest absolute Gasteiger partial charge is 0.323 e. The van der Waals surface area contributed by atoms with Crippen molar-refractivity contribution in [2.45, 2.75) is 6.92 Å². The number of rotatable bonds is 4. The monoisotopic (exact) mass is 193 g/mol. The minimum absolute atomic E-state index is 0.00190. The molecule has 0 saturated carbocycles. The number of ether oxygens (including phenoxy) is 1. The molecule has 0 spiro atoms. The standard InChI is InChI=1S/C7H12O4S/c1-5(6(8)9)7(10)11-4-12(2)3/h5H,4H2,1-3H3/p+1. The maximum atomic E-state index is 10.9. The van der Waals surface area contributed by atoms with Crippen LogP contribution in [0.15, 0.2) is 0 Å². The van der Waals surface area contributed by atoms with Gasteiger partial charge in [0.1, 0.15) is 12.5 Å². The van der Waals surface area contributed by atoms with Crippen LogP contribution in [0.2, 0.25) is 0 Å². The summed E-state index contributed by atoms with van der Waals surface area (Å²) in [7, 11) is -0.00190. The highest BCUT2D eigenvalue weighted by molar-refractivity contribution is 7.95. The molecule has 1 N–H and O–H groups in total. The minimum Gasteiger partial charge on any atom is -0.481 e. The Morgan fingerprint density at radius 1 is 1.50 bits per heavy atom. The molecule has 0 bridgehead atoms. The van der Waals surface area contributed by atoms with Gasteiger partial charge in [-0.1, -0.05) is 0 Å². The predicted octanol–water partition coefficient (Wildman–Crippen LogP) is 0.0857. The number of carbonyl (C=O) groups is 2. The summed E-state index contributed by atoms with van der Waals surface area (Å²) in [5.74, 6) is -2.57. The fraction of sp³-hybridized carbons (Fsp3) is 0.714. The van der Waals surface area contributed by atoms with Crippen LogP contribution in [0.4, 0.5) is 0 Å². The van der Waals surface area contributed by atoms with Gasteiger partial charge in [-0.3, -0.25) is 9.59 Å². The second-order valence-electron chi connectivity index (χ2n) is 2.63. The van der Waals surface area contributed by atoms with Gasteiger partial charge in [0.15, 0.2) is 5.92 Å². The lowest BCUT2D eigenvalue weighted by Crippen LogP contribution is -2.24. The Morgan fingerprint density at radius 2 is 2.00 bits per heavy atom. The fourth-order valence-electron chi connectivity index (χ4n) is 0.402. The van der Waals surface area contributed by atoms with Crippen molar-refractivity contribution in [1.29, 1.82) is 0 Å². The molecule has 0 aliphatic rings. The van der Waals surface area contributed by atoms with E-state index in [1.165, 1.54) is 6.92 Å². The summed E-state index contributed by atoms with van der Waals surface area (Å²) < 4.78 is 4.72. The molecule has 0 aromatic rings. The molecule has 0 saturated heterocycles. The van der Waals surface area contributed by atoms with E-state index in [4.69, 9.17) is 9.84 Å². The van der Waals surface area contributed by atoms with E-state index < -0.39 is 17.9 Å². The van der Waals surface area contributed by atoms with E-state index >= 15 is 0 Å². The lowest BCUT2D eigenvalue weighted by atomic mass is 10.2. The number of carbonyl (C=O) groups excluding carboxylic acids is 1. The van der Waals surface area contributed by atoms with Crippen molar-refractivity contribution in [1.82, 2.24) is 0 Å². The van der Waals surface area contributed by atoms with E-state index in [2.05, 4.69) is 0 Å². The molecule has 0 aromatic heterocycles. The van der Waals surface area contributed by atoms with Gasteiger partial charge in [0.05, 0.1) is 0 Å². The Bertz CT molecular complexity index is 178. The van der Waals surface area contributed by atoms with E-state index in [0.29, 0.717) is 5.94 Å². The van der Waals surface area contributed by atoms with E-state index in [0.717, 1.165) is 0 Å². The van der Waals surface area contributed by atoms with Crippen molar-refractivity contribution < 1.29 is 19.4 Å². The lowest BCUT2D eigenvalue weighted by Gasteiger charge is -2.04. The van der Waals surface area contributed by atoms with Crippen LogP contribution in [0, 0.1) is 5.92 Å². The predicted molar refractivity (Wildman–Crippen MR) is 47.0 cm³/mol. The number of aliphatic carboxylic acids is 1. The van der Waals surface area contributed by atoms with Crippen molar-refractivity contribution in [3.05, 3.63) is 0 Å². The summed E-state index contributed by atoms with van der Waals surface area (Å²) in [4.78, 5) is 21.2. The normalized spacial score (nSPS) is 12.7. The molecule has 0 fully saturated rings. The summed E-state index contributed by atoms with van der Waals surface area (Å²) in [6.45, 7) is 1.31. The lowest BCUT2D eigenvalue weighted by molar-refractivity contribution is -0.156. The zero-order valence-electron chi connectivity index (χ0n) is 7.36. The summed E-state index contributed by atoms with van der Waals surface area (Å²) in [5, 5.41) is 8.42. The molecule has 0 aromatic carbocycles. The Morgan fingerprint density at radius 3 is 2.33 bits per heavy atom. The largest absolute Gasteiger partial charge is 0.481 e. The summed E-state index contributed by atoms with van der Waals surface area (Å²) in [5.41, 5.74) is 0. The first-order chi connectivity index (χ1) is 5.45. The van der Waals surface area contributed by atoms with Crippen LogP contribution >= 0.6 is 0 Å². The van der Waals surface area contributed by atoms with Gasteiger partial charge < -0.3 is 9.84 Å². The molecule has 4 nitrogen and oxygen atoms in total. The average molecular weight is 193 g/mol. The second kappa shape index (κ2) is 5.03. The maximum absolute atomic E-state index is 10.9. The Kier molecular flexibility index (Phi) is 4.73. The molecule has 0 radical (unpaired) electrons. The molecule has 0 heterocycles. The quantitative estimate of drug-likeness (QED) is 0.390. The van der Waals surface area contributed by atoms with Gasteiger partial charge in [-0.05, 0) is 6.92 Å². The van der Waals surface area contributed by atoms with Gasteiger partial charge in [0.25, 0.3) is 0 Å². The van der Waals surface area contributed by atoms with Gasteiger partial charge >= 0.3 is 11.9 Å². The highest BCUT2D eigenvalue weighted by Crippen LogP contribution is 1.99. The van der Waals surface area contributed by atoms with Gasteiger partial charge in [-0.25, -0.2) is 0 Å². The summed E-state index contributed by atoms with van der Waals surface area (Å²) in [6.07, 6.45) is 3.83. The Balaban J connectivity index is 3.80. The number of hydrogen-bond acceptors (Lipinski definition) is 3. The van der Waals surface area contributed by atoms with Crippen LogP contribution in [0.3, 0.4) is 0 Å². The first-order valence-electron chi connectivity index (χ1n) is 3.38. The molecule has 5 heteroatoms. The molecule has 0 rings (SSSR count). The van der Waals surface area contributed by atoms with Crippen molar-refractivity contribution in [3.8, 4) is 0 Å². The molecule has 1 unspecified atom stereocenters. The highest BCUT2D eigenvalue weighted by Gasteiger charge is 2.23. The van der Waals surface area contributed by atoms with Gasteiger partial charge in [-0.15, -0.1) is 0 Å². The third kappa shape index (κ3) is 4.23. The average Bonchev–Trinajstić information content (AvgIpc) is 1.98. The van der Waals surface area contributed by atoms with Gasteiger partial charge in [0, 0.05) is 10.9 Å². The highest BCUT2D eigenvalue weighted by atomic mass is 32.2. The Labute approximate surface area is 74.3 Å². The van der Waals surface area contributed by atoms with Gasteiger partial charge in [0.2, 0.25) is 5.94 Å². The van der Waals surface area contributed by atoms with Crippen molar-refractivity contribution in [3.63, 3.8) is 0 Å². The molecule has 12 heavy (non-hydrogen) atoms.